The average Bonchev–Trinajstić information content (AvgIpc) is 3.18. The van der Waals surface area contributed by atoms with Gasteiger partial charge < -0.3 is 0 Å². The van der Waals surface area contributed by atoms with Crippen LogP contribution in [-0.4, -0.2) is 8.07 Å². The zero-order valence-electron chi connectivity index (χ0n) is 26.9. The second kappa shape index (κ2) is 17.8. The van der Waals surface area contributed by atoms with Gasteiger partial charge in [0.15, 0.2) is 0 Å². The van der Waals surface area contributed by atoms with Crippen molar-refractivity contribution in [3.05, 3.63) is 82.6 Å². The summed E-state index contributed by atoms with van der Waals surface area (Å²) in [4.78, 5) is 0. The monoisotopic (exact) mass is 556 g/mol. The van der Waals surface area contributed by atoms with Crippen molar-refractivity contribution in [3.8, 4) is 0 Å². The van der Waals surface area contributed by atoms with Crippen LogP contribution < -0.4 is 10.4 Å². The molecule has 2 aromatic rings. The summed E-state index contributed by atoms with van der Waals surface area (Å²) in [5.41, 5.74) is 4.71. The molecule has 0 saturated heterocycles. The molecule has 1 atom stereocenters. The van der Waals surface area contributed by atoms with Crippen molar-refractivity contribution in [1.29, 1.82) is 0 Å². The first-order valence-electron chi connectivity index (χ1n) is 17.0. The summed E-state index contributed by atoms with van der Waals surface area (Å²) < 4.78 is 0. The topological polar surface area (TPSA) is 0 Å². The second-order valence-corrected chi connectivity index (χ2v) is 16.8. The van der Waals surface area contributed by atoms with Crippen molar-refractivity contribution in [3.63, 3.8) is 0 Å². The molecule has 3 rings (SSSR count). The van der Waals surface area contributed by atoms with Crippen molar-refractivity contribution in [2.45, 2.75) is 143 Å². The summed E-state index contributed by atoms with van der Waals surface area (Å²) in [5, 5.41) is 4.98. The molecule has 0 aliphatic heterocycles. The average molecular weight is 557 g/mol. The first kappa shape index (κ1) is 32.6. The maximum Gasteiger partial charge on any atom is 0.145 e. The molecule has 220 valence electrons. The van der Waals surface area contributed by atoms with Crippen LogP contribution in [0.3, 0.4) is 0 Å². The van der Waals surface area contributed by atoms with Gasteiger partial charge in [-0.2, -0.15) is 0 Å². The zero-order chi connectivity index (χ0) is 28.6. The Balaban J connectivity index is 1.52. The number of hydrogen-bond acceptors (Lipinski definition) is 0. The lowest BCUT2D eigenvalue weighted by Crippen LogP contribution is -2.61. The van der Waals surface area contributed by atoms with Gasteiger partial charge in [-0.15, -0.1) is 0 Å². The molecule has 0 nitrogen and oxygen atoms in total. The number of hydrogen-bond donors (Lipinski definition) is 0. The van der Waals surface area contributed by atoms with Crippen LogP contribution >= 0.6 is 0 Å². The lowest BCUT2D eigenvalue weighted by Gasteiger charge is -2.38. The minimum absolute atomic E-state index is 0.549. The lowest BCUT2D eigenvalue weighted by atomic mass is 10.0. The molecule has 0 amide bonds. The smallest absolute Gasteiger partial charge is 0.0654 e. The predicted octanol–water partition coefficient (Wildman–Crippen LogP) is 11.4. The van der Waals surface area contributed by atoms with Crippen LogP contribution in [-0.2, 0) is 0 Å². The molecule has 0 N–H and O–H groups in total. The quantitative estimate of drug-likeness (QED) is 0.112. The highest BCUT2D eigenvalue weighted by Gasteiger charge is 2.45. The van der Waals surface area contributed by atoms with Gasteiger partial charge in [0, 0.05) is 0 Å². The Morgan fingerprint density at radius 1 is 0.500 bits per heavy atom. The van der Waals surface area contributed by atoms with Crippen LogP contribution in [0.5, 0.6) is 0 Å². The summed E-state index contributed by atoms with van der Waals surface area (Å²) in [7, 11) is -2.09. The third-order valence-corrected chi connectivity index (χ3v) is 15.5. The van der Waals surface area contributed by atoms with Gasteiger partial charge in [0.2, 0.25) is 0 Å². The summed E-state index contributed by atoms with van der Waals surface area (Å²) >= 11 is 0. The standard InChI is InChI=1S/C39H60Si/c1-6-7-8-9-10-11-12-13-14-15-16-17-18-19-20-27-32-40(37-28-23-21-24-29-37,38-30-25-22-26-31-38)39-35(4)33(2)34(3)36(39)5/h21-26,28-31,35H,6-20,27,32H2,1-5H3. The SMILES string of the molecule is CCCCCCCCCCCCCCCCCC[Si](C1=C(C)C(C)=C(C)C1C)(c1ccccc1)c1ccccc1. The third kappa shape index (κ3) is 8.82. The normalized spacial score (nSPS) is 15.9. The molecular weight excluding hydrogens is 497 g/mol. The van der Waals surface area contributed by atoms with Crippen molar-refractivity contribution in [1.82, 2.24) is 0 Å². The molecule has 0 heterocycles. The number of rotatable bonds is 20. The highest BCUT2D eigenvalue weighted by atomic mass is 28.3. The first-order chi connectivity index (χ1) is 19.5. The van der Waals surface area contributed by atoms with Gasteiger partial charge in [-0.1, -0.05) is 194 Å². The molecule has 0 bridgehead atoms. The van der Waals surface area contributed by atoms with Crippen LogP contribution in [0.4, 0.5) is 0 Å². The van der Waals surface area contributed by atoms with E-state index in [1.165, 1.54) is 109 Å². The van der Waals surface area contributed by atoms with Gasteiger partial charge in [0.25, 0.3) is 0 Å². The molecule has 1 aliphatic carbocycles. The van der Waals surface area contributed by atoms with E-state index < -0.39 is 8.07 Å². The number of benzene rings is 2. The Hall–Kier alpha value is -1.86. The Kier molecular flexibility index (Phi) is 14.6. The molecule has 1 unspecified atom stereocenters. The van der Waals surface area contributed by atoms with E-state index >= 15 is 0 Å². The highest BCUT2D eigenvalue weighted by Crippen LogP contribution is 2.43. The Morgan fingerprint density at radius 2 is 0.875 bits per heavy atom. The van der Waals surface area contributed by atoms with Crippen LogP contribution in [0, 0.1) is 5.92 Å². The molecule has 1 heteroatoms. The number of unbranched alkanes of at least 4 members (excludes halogenated alkanes) is 15. The fourth-order valence-electron chi connectivity index (χ4n) is 7.34. The van der Waals surface area contributed by atoms with Crippen LogP contribution in [0.15, 0.2) is 82.6 Å². The van der Waals surface area contributed by atoms with E-state index in [0.717, 1.165) is 0 Å². The van der Waals surface area contributed by atoms with Gasteiger partial charge >= 0.3 is 0 Å². The van der Waals surface area contributed by atoms with Gasteiger partial charge in [0.05, 0.1) is 0 Å². The van der Waals surface area contributed by atoms with Gasteiger partial charge in [-0.3, -0.25) is 0 Å². The Bertz CT molecular complexity index is 989. The maximum absolute atomic E-state index is 2.48. The molecule has 0 spiro atoms. The van der Waals surface area contributed by atoms with Crippen molar-refractivity contribution in [2.75, 3.05) is 0 Å². The van der Waals surface area contributed by atoms with Crippen molar-refractivity contribution >= 4 is 18.4 Å². The zero-order valence-corrected chi connectivity index (χ0v) is 27.9. The molecule has 0 aromatic heterocycles. The van der Waals surface area contributed by atoms with E-state index in [9.17, 15) is 0 Å². The molecule has 1 aliphatic rings. The van der Waals surface area contributed by atoms with E-state index in [1.807, 2.05) is 0 Å². The fourth-order valence-corrected chi connectivity index (χ4v) is 13.2. The van der Waals surface area contributed by atoms with E-state index in [-0.39, 0.29) is 0 Å². The Labute approximate surface area is 249 Å². The maximum atomic E-state index is 2.48. The minimum atomic E-state index is -2.09. The molecular formula is C39H60Si. The largest absolute Gasteiger partial charge is 0.145 e. The minimum Gasteiger partial charge on any atom is -0.0654 e. The Morgan fingerprint density at radius 3 is 1.23 bits per heavy atom. The number of allylic oxidation sites excluding steroid dienone is 4. The van der Waals surface area contributed by atoms with E-state index in [1.54, 1.807) is 32.3 Å². The van der Waals surface area contributed by atoms with Crippen LogP contribution in [0.25, 0.3) is 0 Å². The van der Waals surface area contributed by atoms with Crippen LogP contribution in [0.2, 0.25) is 6.04 Å². The summed E-state index contributed by atoms with van der Waals surface area (Å²) in [6, 6.07) is 24.6. The van der Waals surface area contributed by atoms with Gasteiger partial charge in [-0.25, -0.2) is 0 Å². The highest BCUT2D eigenvalue weighted by molar-refractivity contribution is 7.07. The summed E-state index contributed by atoms with van der Waals surface area (Å²) in [6.07, 6.45) is 22.9. The second-order valence-electron chi connectivity index (χ2n) is 12.8. The molecule has 2 aromatic carbocycles. The van der Waals surface area contributed by atoms with E-state index in [0.29, 0.717) is 5.92 Å². The first-order valence-corrected chi connectivity index (χ1v) is 19.2. The third-order valence-electron chi connectivity index (χ3n) is 10.0. The molecule has 0 radical (unpaired) electrons. The van der Waals surface area contributed by atoms with E-state index in [4.69, 9.17) is 0 Å². The van der Waals surface area contributed by atoms with Crippen molar-refractivity contribution < 1.29 is 0 Å². The van der Waals surface area contributed by atoms with Gasteiger partial charge in [-0.05, 0) is 48.7 Å². The van der Waals surface area contributed by atoms with Gasteiger partial charge in [0.1, 0.15) is 8.07 Å². The van der Waals surface area contributed by atoms with E-state index in [2.05, 4.69) is 95.3 Å². The van der Waals surface area contributed by atoms with Crippen LogP contribution in [0.1, 0.15) is 137 Å². The fraction of sp³-hybridized carbons (Fsp3) is 0.590. The summed E-state index contributed by atoms with van der Waals surface area (Å²) in [6.45, 7) is 11.9. The molecule has 0 saturated carbocycles. The lowest BCUT2D eigenvalue weighted by molar-refractivity contribution is 0.531. The van der Waals surface area contributed by atoms with Crippen molar-refractivity contribution in [2.24, 2.45) is 5.92 Å². The molecule has 40 heavy (non-hydrogen) atoms. The summed E-state index contributed by atoms with van der Waals surface area (Å²) in [5.74, 6) is 0.549. The predicted molar refractivity (Wildman–Crippen MR) is 182 cm³/mol. The molecule has 0 fully saturated rings.